The van der Waals surface area contributed by atoms with Crippen molar-refractivity contribution in [1.29, 1.82) is 0 Å². The summed E-state index contributed by atoms with van der Waals surface area (Å²) in [5.41, 5.74) is -0.206. The summed E-state index contributed by atoms with van der Waals surface area (Å²) in [5, 5.41) is 5.09. The molecular weight excluding hydrogens is 579 g/mol. The number of benzene rings is 1. The van der Waals surface area contributed by atoms with Gasteiger partial charge in [0, 0.05) is 20.1 Å². The van der Waals surface area contributed by atoms with Crippen LogP contribution in [0.15, 0.2) is 53.0 Å². The minimum Gasteiger partial charge on any atom is -0.466 e. The number of carbonyl (C=O) groups is 3. The lowest BCUT2D eigenvalue weighted by Gasteiger charge is -2.37. The van der Waals surface area contributed by atoms with E-state index in [0.29, 0.717) is 43.8 Å². The molecule has 3 aliphatic rings. The highest BCUT2D eigenvalue weighted by Gasteiger charge is 2.43. The standard InChI is InChI=1S/C29H33F5N4O5/c1-42-15-23-24(27(39)43-2)26(17-4-5-19(30)20(31)12-17)38(29(41)36-23)28(40)35-8-3-9-37-10-6-16(7-11-37)18-13-21(32)25(34)22(33)14-18/h4-5,12-13,16,18,26H,3,6-11,14-15H2,1-2H3,(H,35,40)(H,36,41). The third kappa shape index (κ3) is 7.24. The van der Waals surface area contributed by atoms with Gasteiger partial charge in [-0.1, -0.05) is 6.07 Å². The Labute approximate surface area is 245 Å². The molecule has 0 aromatic heterocycles. The molecule has 2 aliphatic heterocycles. The maximum atomic E-state index is 14.2. The largest absolute Gasteiger partial charge is 0.466 e. The molecule has 2 unspecified atom stereocenters. The Bertz CT molecular complexity index is 1340. The lowest BCUT2D eigenvalue weighted by molar-refractivity contribution is -0.137. The van der Waals surface area contributed by atoms with Gasteiger partial charge in [0.2, 0.25) is 0 Å². The number of nitrogens with zero attached hydrogens (tertiary/aromatic N) is 2. The van der Waals surface area contributed by atoms with Crippen LogP contribution in [0.2, 0.25) is 0 Å². The van der Waals surface area contributed by atoms with Gasteiger partial charge in [0.15, 0.2) is 23.3 Å². The smallest absolute Gasteiger partial charge is 0.338 e. The van der Waals surface area contributed by atoms with Gasteiger partial charge >= 0.3 is 18.0 Å². The van der Waals surface area contributed by atoms with Gasteiger partial charge in [-0.25, -0.2) is 41.2 Å². The molecule has 1 fully saturated rings. The molecular formula is C29H33F5N4O5. The minimum absolute atomic E-state index is 0.0110. The highest BCUT2D eigenvalue weighted by Crippen LogP contribution is 2.39. The lowest BCUT2D eigenvalue weighted by Crippen LogP contribution is -2.55. The maximum absolute atomic E-state index is 14.2. The van der Waals surface area contributed by atoms with Crippen LogP contribution in [0.1, 0.15) is 37.3 Å². The average Bonchev–Trinajstić information content (AvgIpc) is 2.99. The molecule has 0 bridgehead atoms. The number of hydrogen-bond acceptors (Lipinski definition) is 6. The molecule has 2 N–H and O–H groups in total. The summed E-state index contributed by atoms with van der Waals surface area (Å²) in [6.07, 6.45) is 2.85. The number of likely N-dealkylation sites (tertiary alicyclic amines) is 1. The molecule has 1 aromatic rings. The SMILES string of the molecule is COCC1=C(C(=O)OC)C(c2ccc(F)c(F)c2)N(C(=O)NCCCN2CCC(C3C=C(F)C(F)=C(F)C3)CC2)C(=O)N1. The first kappa shape index (κ1) is 32.1. The second kappa shape index (κ2) is 14.1. The Kier molecular flexibility index (Phi) is 10.6. The summed E-state index contributed by atoms with van der Waals surface area (Å²) in [4.78, 5) is 42.0. The van der Waals surface area contributed by atoms with E-state index in [1.54, 1.807) is 0 Å². The van der Waals surface area contributed by atoms with Crippen LogP contribution in [0.4, 0.5) is 31.5 Å². The van der Waals surface area contributed by atoms with E-state index in [2.05, 4.69) is 15.5 Å². The first-order valence-electron chi connectivity index (χ1n) is 13.8. The molecule has 2 heterocycles. The topological polar surface area (TPSA) is 100 Å². The number of nitrogens with one attached hydrogen (secondary N) is 2. The van der Waals surface area contributed by atoms with Gasteiger partial charge in [-0.15, -0.1) is 0 Å². The van der Waals surface area contributed by atoms with Crippen molar-refractivity contribution in [2.75, 3.05) is 47.0 Å². The summed E-state index contributed by atoms with van der Waals surface area (Å²) < 4.78 is 78.6. The third-order valence-corrected chi connectivity index (χ3v) is 7.89. The molecule has 2 atom stereocenters. The van der Waals surface area contributed by atoms with Crippen LogP contribution in [0.3, 0.4) is 0 Å². The van der Waals surface area contributed by atoms with E-state index < -0.39 is 59.1 Å². The van der Waals surface area contributed by atoms with Gasteiger partial charge in [-0.3, -0.25) is 0 Å². The van der Waals surface area contributed by atoms with Crippen molar-refractivity contribution in [1.82, 2.24) is 20.4 Å². The molecule has 0 saturated carbocycles. The van der Waals surface area contributed by atoms with E-state index in [1.807, 2.05) is 0 Å². The summed E-state index contributed by atoms with van der Waals surface area (Å²) in [6.45, 7) is 1.80. The Morgan fingerprint density at radius 1 is 1.07 bits per heavy atom. The van der Waals surface area contributed by atoms with E-state index in [-0.39, 0.29) is 42.3 Å². The molecule has 4 rings (SSSR count). The number of urea groups is 2. The van der Waals surface area contributed by atoms with Gasteiger partial charge in [-0.05, 0) is 74.5 Å². The Hall–Kier alpha value is -3.78. The zero-order valence-electron chi connectivity index (χ0n) is 23.7. The Morgan fingerprint density at radius 3 is 2.42 bits per heavy atom. The number of hydrogen-bond donors (Lipinski definition) is 2. The molecule has 1 aliphatic carbocycles. The molecule has 1 saturated heterocycles. The third-order valence-electron chi connectivity index (χ3n) is 7.89. The Morgan fingerprint density at radius 2 is 1.79 bits per heavy atom. The van der Waals surface area contributed by atoms with Gasteiger partial charge in [0.05, 0.1) is 25.0 Å². The zero-order valence-corrected chi connectivity index (χ0v) is 23.7. The van der Waals surface area contributed by atoms with Crippen LogP contribution in [0, 0.1) is 23.5 Å². The van der Waals surface area contributed by atoms with E-state index in [0.717, 1.165) is 31.4 Å². The van der Waals surface area contributed by atoms with Crippen molar-refractivity contribution in [2.24, 2.45) is 11.8 Å². The predicted molar refractivity (Wildman–Crippen MR) is 144 cm³/mol. The van der Waals surface area contributed by atoms with Crippen LogP contribution < -0.4 is 10.6 Å². The first-order valence-corrected chi connectivity index (χ1v) is 13.8. The first-order chi connectivity index (χ1) is 20.5. The minimum atomic E-state index is -1.44. The fraction of sp³-hybridized carbons (Fsp3) is 0.483. The van der Waals surface area contributed by atoms with Crippen LogP contribution in [0.25, 0.3) is 0 Å². The van der Waals surface area contributed by atoms with E-state index in [9.17, 15) is 36.3 Å². The molecule has 0 spiro atoms. The van der Waals surface area contributed by atoms with E-state index >= 15 is 0 Å². The lowest BCUT2D eigenvalue weighted by atomic mass is 9.80. The van der Waals surface area contributed by atoms with Crippen molar-refractivity contribution in [2.45, 2.75) is 31.7 Å². The highest BCUT2D eigenvalue weighted by molar-refractivity contribution is 6.01. The molecule has 9 nitrogen and oxygen atoms in total. The number of methoxy groups -OCH3 is 2. The number of halogens is 5. The number of piperidine rings is 1. The number of amides is 4. The normalized spacial score (nSPS) is 22.0. The van der Waals surface area contributed by atoms with Crippen molar-refractivity contribution >= 4 is 18.0 Å². The number of esters is 1. The summed E-state index contributed by atoms with van der Waals surface area (Å²) in [6, 6.07) is -0.432. The van der Waals surface area contributed by atoms with Gasteiger partial charge in [0.25, 0.3) is 0 Å². The summed E-state index contributed by atoms with van der Waals surface area (Å²) in [7, 11) is 2.43. The molecule has 4 amide bonds. The molecule has 0 radical (unpaired) electrons. The van der Waals surface area contributed by atoms with Crippen LogP contribution in [-0.4, -0.2) is 74.8 Å². The molecule has 14 heteroatoms. The van der Waals surface area contributed by atoms with Gasteiger partial charge in [0.1, 0.15) is 11.9 Å². The van der Waals surface area contributed by atoms with Crippen molar-refractivity contribution < 1.29 is 45.8 Å². The van der Waals surface area contributed by atoms with E-state index in [1.165, 1.54) is 7.11 Å². The quantitative estimate of drug-likeness (QED) is 0.233. The number of imide groups is 1. The predicted octanol–water partition coefficient (Wildman–Crippen LogP) is 4.94. The highest BCUT2D eigenvalue weighted by atomic mass is 19.2. The summed E-state index contributed by atoms with van der Waals surface area (Å²) >= 11 is 0. The summed E-state index contributed by atoms with van der Waals surface area (Å²) in [5.74, 6) is -7.28. The number of rotatable bonds is 9. The second-order valence-corrected chi connectivity index (χ2v) is 10.6. The fourth-order valence-corrected chi connectivity index (χ4v) is 5.72. The van der Waals surface area contributed by atoms with Crippen LogP contribution >= 0.6 is 0 Å². The molecule has 1 aromatic carbocycles. The zero-order chi connectivity index (χ0) is 31.3. The number of carbonyl (C=O) groups excluding carboxylic acids is 3. The van der Waals surface area contributed by atoms with Crippen molar-refractivity contribution in [3.05, 3.63) is 70.2 Å². The van der Waals surface area contributed by atoms with Crippen LogP contribution in [-0.2, 0) is 14.3 Å². The number of allylic oxidation sites excluding steroid dienone is 4. The second-order valence-electron chi connectivity index (χ2n) is 10.6. The molecule has 234 valence electrons. The fourth-order valence-electron chi connectivity index (χ4n) is 5.72. The number of ether oxygens (including phenoxy) is 2. The Balaban J connectivity index is 1.38. The average molecular weight is 613 g/mol. The molecule has 43 heavy (non-hydrogen) atoms. The van der Waals surface area contributed by atoms with Gasteiger partial charge in [-0.2, -0.15) is 0 Å². The van der Waals surface area contributed by atoms with Crippen LogP contribution in [0.5, 0.6) is 0 Å². The van der Waals surface area contributed by atoms with Gasteiger partial charge < -0.3 is 25.0 Å². The van der Waals surface area contributed by atoms with Crippen molar-refractivity contribution in [3.8, 4) is 0 Å². The maximum Gasteiger partial charge on any atom is 0.338 e. The van der Waals surface area contributed by atoms with Crippen molar-refractivity contribution in [3.63, 3.8) is 0 Å². The van der Waals surface area contributed by atoms with E-state index in [4.69, 9.17) is 9.47 Å². The monoisotopic (exact) mass is 612 g/mol.